The molecule has 0 atom stereocenters. The van der Waals surface area contributed by atoms with Crippen LogP contribution in [0.25, 0.3) is 0 Å². The quantitative estimate of drug-likeness (QED) is 0.858. The Morgan fingerprint density at radius 3 is 2.52 bits per heavy atom. The van der Waals surface area contributed by atoms with E-state index in [1.165, 1.54) is 16.7 Å². The summed E-state index contributed by atoms with van der Waals surface area (Å²) in [5.41, 5.74) is 3.34. The lowest BCUT2D eigenvalue weighted by Crippen LogP contribution is -2.54. The van der Waals surface area contributed by atoms with E-state index in [0.717, 1.165) is 32.4 Å². The Bertz CT molecular complexity index is 673. The van der Waals surface area contributed by atoms with E-state index in [1.54, 1.807) is 6.20 Å². The van der Waals surface area contributed by atoms with Crippen molar-refractivity contribution in [1.29, 1.82) is 0 Å². The standard InChI is InChI=1S/C19H26N4O.ClH/c1-15-5-3-6-16(2)17(15)7-11-21-18(24)19(8-12-20-13-9-19)23-14-4-10-22-23;/h3-6,10,14,20H,7-9,11-13H2,1-2H3,(H,21,24);1H. The van der Waals surface area contributed by atoms with E-state index in [4.69, 9.17) is 0 Å². The van der Waals surface area contributed by atoms with Gasteiger partial charge >= 0.3 is 0 Å². The number of nitrogens with zero attached hydrogens (tertiary/aromatic N) is 2. The molecular formula is C19H27ClN4O. The summed E-state index contributed by atoms with van der Waals surface area (Å²) in [6, 6.07) is 8.21. The molecule has 1 saturated heterocycles. The molecule has 1 amide bonds. The molecule has 25 heavy (non-hydrogen) atoms. The predicted molar refractivity (Wildman–Crippen MR) is 102 cm³/mol. The lowest BCUT2D eigenvalue weighted by molar-refractivity contribution is -0.131. The fourth-order valence-electron chi connectivity index (χ4n) is 3.63. The number of halogens is 1. The van der Waals surface area contributed by atoms with Crippen LogP contribution in [0.2, 0.25) is 0 Å². The number of hydrogen-bond acceptors (Lipinski definition) is 3. The van der Waals surface area contributed by atoms with Crippen molar-refractivity contribution in [3.63, 3.8) is 0 Å². The molecule has 1 aromatic carbocycles. The van der Waals surface area contributed by atoms with Crippen LogP contribution in [0, 0.1) is 13.8 Å². The second kappa shape index (κ2) is 8.50. The molecule has 5 nitrogen and oxygen atoms in total. The molecule has 136 valence electrons. The van der Waals surface area contributed by atoms with Crippen molar-refractivity contribution in [3.05, 3.63) is 53.3 Å². The minimum absolute atomic E-state index is 0. The average Bonchev–Trinajstić information content (AvgIpc) is 3.13. The summed E-state index contributed by atoms with van der Waals surface area (Å²) in [7, 11) is 0. The molecule has 1 fully saturated rings. The van der Waals surface area contributed by atoms with E-state index in [9.17, 15) is 4.79 Å². The molecule has 1 aliphatic heterocycles. The first-order valence-electron chi connectivity index (χ1n) is 8.68. The van der Waals surface area contributed by atoms with Crippen LogP contribution in [0.1, 0.15) is 29.5 Å². The number of hydrogen-bond donors (Lipinski definition) is 2. The zero-order chi connectivity index (χ0) is 17.0. The number of aromatic nitrogens is 2. The number of rotatable bonds is 5. The highest BCUT2D eigenvalue weighted by Crippen LogP contribution is 2.27. The Morgan fingerprint density at radius 1 is 1.24 bits per heavy atom. The Labute approximate surface area is 155 Å². The summed E-state index contributed by atoms with van der Waals surface area (Å²) in [6.07, 6.45) is 6.04. The van der Waals surface area contributed by atoms with Gasteiger partial charge in [-0.25, -0.2) is 0 Å². The van der Waals surface area contributed by atoms with Crippen molar-refractivity contribution >= 4 is 18.3 Å². The Morgan fingerprint density at radius 2 is 1.92 bits per heavy atom. The molecule has 0 saturated carbocycles. The third kappa shape index (κ3) is 4.05. The molecule has 1 aromatic heterocycles. The smallest absolute Gasteiger partial charge is 0.248 e. The van der Waals surface area contributed by atoms with Gasteiger partial charge in [0.25, 0.3) is 0 Å². The summed E-state index contributed by atoms with van der Waals surface area (Å²) in [5, 5.41) is 10.8. The van der Waals surface area contributed by atoms with E-state index >= 15 is 0 Å². The second-order valence-electron chi connectivity index (χ2n) is 6.61. The van der Waals surface area contributed by atoms with Gasteiger partial charge < -0.3 is 10.6 Å². The van der Waals surface area contributed by atoms with Gasteiger partial charge in [0, 0.05) is 18.9 Å². The van der Waals surface area contributed by atoms with Gasteiger partial charge in [-0.3, -0.25) is 9.48 Å². The van der Waals surface area contributed by atoms with Crippen molar-refractivity contribution in [2.75, 3.05) is 19.6 Å². The van der Waals surface area contributed by atoms with Crippen molar-refractivity contribution in [3.8, 4) is 0 Å². The highest BCUT2D eigenvalue weighted by Gasteiger charge is 2.41. The minimum atomic E-state index is -0.560. The zero-order valence-electron chi connectivity index (χ0n) is 14.9. The van der Waals surface area contributed by atoms with Crippen LogP contribution in [0.4, 0.5) is 0 Å². The van der Waals surface area contributed by atoms with Crippen LogP contribution in [-0.4, -0.2) is 35.3 Å². The largest absolute Gasteiger partial charge is 0.354 e. The van der Waals surface area contributed by atoms with Gasteiger partial charge in [0.05, 0.1) is 0 Å². The molecule has 3 rings (SSSR count). The zero-order valence-corrected chi connectivity index (χ0v) is 15.7. The third-order valence-electron chi connectivity index (χ3n) is 5.10. The predicted octanol–water partition coefficient (Wildman–Crippen LogP) is 2.36. The lowest BCUT2D eigenvalue weighted by Gasteiger charge is -2.36. The molecule has 0 unspecified atom stereocenters. The molecule has 6 heteroatoms. The van der Waals surface area contributed by atoms with E-state index < -0.39 is 5.54 Å². The van der Waals surface area contributed by atoms with Gasteiger partial charge in [-0.15, -0.1) is 12.4 Å². The molecule has 1 aliphatic rings. The van der Waals surface area contributed by atoms with Gasteiger partial charge in [0.1, 0.15) is 5.54 Å². The van der Waals surface area contributed by atoms with Crippen LogP contribution in [0.3, 0.4) is 0 Å². The van der Waals surface area contributed by atoms with Crippen LogP contribution >= 0.6 is 12.4 Å². The average molecular weight is 363 g/mol. The number of carbonyl (C=O) groups excluding carboxylic acids is 1. The van der Waals surface area contributed by atoms with Gasteiger partial charge in [-0.2, -0.15) is 5.10 Å². The van der Waals surface area contributed by atoms with Crippen molar-refractivity contribution < 1.29 is 4.79 Å². The highest BCUT2D eigenvalue weighted by molar-refractivity contribution is 5.85. The van der Waals surface area contributed by atoms with E-state index in [-0.39, 0.29) is 18.3 Å². The maximum Gasteiger partial charge on any atom is 0.248 e. The SMILES string of the molecule is Cc1cccc(C)c1CCNC(=O)C1(n2cccn2)CCNCC1.Cl. The van der Waals surface area contributed by atoms with Crippen molar-refractivity contribution in [2.24, 2.45) is 0 Å². The number of benzene rings is 1. The molecule has 0 aliphatic carbocycles. The van der Waals surface area contributed by atoms with Crippen LogP contribution < -0.4 is 10.6 Å². The van der Waals surface area contributed by atoms with Crippen molar-refractivity contribution in [1.82, 2.24) is 20.4 Å². The molecule has 2 heterocycles. The first-order valence-corrected chi connectivity index (χ1v) is 8.68. The topological polar surface area (TPSA) is 59.0 Å². The van der Waals surface area contributed by atoms with Gasteiger partial charge in [-0.1, -0.05) is 18.2 Å². The van der Waals surface area contributed by atoms with E-state index in [2.05, 4.69) is 47.8 Å². The molecule has 2 aromatic rings. The van der Waals surface area contributed by atoms with Crippen LogP contribution in [-0.2, 0) is 16.8 Å². The minimum Gasteiger partial charge on any atom is -0.354 e. The van der Waals surface area contributed by atoms with Crippen LogP contribution in [0.5, 0.6) is 0 Å². The Hall–Kier alpha value is -1.85. The number of carbonyl (C=O) groups is 1. The van der Waals surface area contributed by atoms with E-state index in [1.807, 2.05) is 16.9 Å². The Kier molecular flexibility index (Phi) is 6.62. The summed E-state index contributed by atoms with van der Waals surface area (Å²) in [4.78, 5) is 13.0. The maximum absolute atomic E-state index is 13.0. The lowest BCUT2D eigenvalue weighted by atomic mass is 9.87. The maximum atomic E-state index is 13.0. The normalized spacial score (nSPS) is 16.1. The van der Waals surface area contributed by atoms with Crippen molar-refractivity contribution in [2.45, 2.75) is 38.6 Å². The summed E-state index contributed by atoms with van der Waals surface area (Å²) in [5.74, 6) is 0.0823. The van der Waals surface area contributed by atoms with Gasteiger partial charge in [-0.05, 0) is 69.0 Å². The number of piperidine rings is 1. The summed E-state index contributed by atoms with van der Waals surface area (Å²) in [6.45, 7) is 6.58. The molecule has 0 radical (unpaired) electrons. The number of amides is 1. The van der Waals surface area contributed by atoms with Gasteiger partial charge in [0.15, 0.2) is 0 Å². The molecule has 2 N–H and O–H groups in total. The van der Waals surface area contributed by atoms with Gasteiger partial charge in [0.2, 0.25) is 5.91 Å². The fourth-order valence-corrected chi connectivity index (χ4v) is 3.63. The molecule has 0 spiro atoms. The molecular weight excluding hydrogens is 336 g/mol. The Balaban J connectivity index is 0.00000225. The fraction of sp³-hybridized carbons (Fsp3) is 0.474. The van der Waals surface area contributed by atoms with Crippen LogP contribution in [0.15, 0.2) is 36.7 Å². The summed E-state index contributed by atoms with van der Waals surface area (Å²) >= 11 is 0. The molecule has 0 bridgehead atoms. The first-order chi connectivity index (χ1) is 11.6. The van der Waals surface area contributed by atoms with E-state index in [0.29, 0.717) is 6.54 Å². The third-order valence-corrected chi connectivity index (χ3v) is 5.10. The first kappa shape index (κ1) is 19.5. The summed E-state index contributed by atoms with van der Waals surface area (Å²) < 4.78 is 1.84. The second-order valence-corrected chi connectivity index (χ2v) is 6.61. The highest BCUT2D eigenvalue weighted by atomic mass is 35.5. The monoisotopic (exact) mass is 362 g/mol. The number of nitrogens with one attached hydrogen (secondary N) is 2. The number of aryl methyl sites for hydroxylation is 2.